The zero-order valence-corrected chi connectivity index (χ0v) is 20.8. The molecule has 8 heteroatoms. The number of piperazine rings is 1. The monoisotopic (exact) mass is 482 g/mol. The molecule has 0 atom stereocenters. The van der Waals surface area contributed by atoms with Crippen molar-refractivity contribution < 1.29 is 22.4 Å². The van der Waals surface area contributed by atoms with Gasteiger partial charge < -0.3 is 14.1 Å². The van der Waals surface area contributed by atoms with Gasteiger partial charge in [-0.05, 0) is 38.0 Å². The first-order valence-corrected chi connectivity index (χ1v) is 13.2. The number of nitrogens with zero attached hydrogens (tertiary/aromatic N) is 2. The lowest BCUT2D eigenvalue weighted by Crippen LogP contribution is -2.49. The highest BCUT2D eigenvalue weighted by Gasteiger charge is 2.25. The van der Waals surface area contributed by atoms with Crippen molar-refractivity contribution in [3.05, 3.63) is 59.9 Å². The molecule has 1 amide bonds. The molecule has 0 radical (unpaired) electrons. The maximum absolute atomic E-state index is 13.0. The van der Waals surface area contributed by atoms with E-state index in [0.29, 0.717) is 38.5 Å². The molecule has 1 saturated heterocycles. The Balaban J connectivity index is 1.65. The minimum atomic E-state index is -3.24. The van der Waals surface area contributed by atoms with Gasteiger partial charge in [0.15, 0.2) is 0 Å². The summed E-state index contributed by atoms with van der Waals surface area (Å²) in [6.07, 6.45) is 4.55. The van der Waals surface area contributed by atoms with Crippen LogP contribution in [0.3, 0.4) is 0 Å². The first-order valence-electron chi connectivity index (χ1n) is 11.3. The van der Waals surface area contributed by atoms with Crippen molar-refractivity contribution in [1.29, 1.82) is 0 Å². The van der Waals surface area contributed by atoms with Crippen molar-refractivity contribution in [1.82, 2.24) is 9.21 Å². The summed E-state index contributed by atoms with van der Waals surface area (Å²) in [6.45, 7) is 7.69. The Morgan fingerprint density at radius 3 is 2.41 bits per heavy atom. The van der Waals surface area contributed by atoms with Crippen molar-refractivity contribution in [3.8, 4) is 16.9 Å². The van der Waals surface area contributed by atoms with Crippen LogP contribution in [-0.4, -0.2) is 62.6 Å². The summed E-state index contributed by atoms with van der Waals surface area (Å²) in [6, 6.07) is 12.2. The van der Waals surface area contributed by atoms with Crippen molar-refractivity contribution in [3.63, 3.8) is 0 Å². The lowest BCUT2D eigenvalue weighted by atomic mass is 9.98. The van der Waals surface area contributed by atoms with Crippen LogP contribution in [0.15, 0.2) is 53.2 Å². The second-order valence-corrected chi connectivity index (χ2v) is 10.6. The van der Waals surface area contributed by atoms with Gasteiger partial charge in [0.25, 0.3) is 0 Å². The lowest BCUT2D eigenvalue weighted by molar-refractivity contribution is -0.127. The molecular weight excluding hydrogens is 452 g/mol. The second-order valence-electron chi connectivity index (χ2n) is 8.61. The number of amides is 1. The highest BCUT2D eigenvalue weighted by Crippen LogP contribution is 2.37. The molecule has 34 heavy (non-hydrogen) atoms. The number of fused-ring (bicyclic) bond motifs is 1. The van der Waals surface area contributed by atoms with Gasteiger partial charge in [-0.15, -0.1) is 0 Å². The Labute approximate surface area is 200 Å². The number of hydrogen-bond acceptors (Lipinski definition) is 5. The molecule has 2 aromatic carbocycles. The van der Waals surface area contributed by atoms with Crippen LogP contribution in [0.1, 0.15) is 25.0 Å². The third-order valence-electron chi connectivity index (χ3n) is 6.12. The van der Waals surface area contributed by atoms with Crippen LogP contribution in [0, 0.1) is 6.92 Å². The summed E-state index contributed by atoms with van der Waals surface area (Å²) in [5.41, 5.74) is 5.55. The van der Waals surface area contributed by atoms with Gasteiger partial charge >= 0.3 is 0 Å². The molecule has 4 rings (SSSR count). The minimum absolute atomic E-state index is 0.140. The van der Waals surface area contributed by atoms with E-state index >= 15 is 0 Å². The van der Waals surface area contributed by atoms with Crippen LogP contribution in [0.4, 0.5) is 0 Å². The molecule has 3 aromatic rings. The van der Waals surface area contributed by atoms with Crippen molar-refractivity contribution >= 4 is 32.5 Å². The molecular formula is C26H30N2O5S. The molecule has 0 N–H and O–H groups in total. The molecule has 0 aliphatic carbocycles. The molecule has 2 heterocycles. The summed E-state index contributed by atoms with van der Waals surface area (Å²) in [5.74, 6) is 0.516. The van der Waals surface area contributed by atoms with Crippen molar-refractivity contribution in [2.45, 2.75) is 20.8 Å². The fourth-order valence-electron chi connectivity index (χ4n) is 4.19. The molecule has 180 valence electrons. The topological polar surface area (TPSA) is 80.1 Å². The summed E-state index contributed by atoms with van der Waals surface area (Å²) < 4.78 is 36.6. The molecule has 7 nitrogen and oxygen atoms in total. The Hall–Kier alpha value is -3.10. The van der Waals surface area contributed by atoms with E-state index in [9.17, 15) is 13.2 Å². The number of sulfonamides is 1. The summed E-state index contributed by atoms with van der Waals surface area (Å²) in [5, 5.41) is 0.948. The van der Waals surface area contributed by atoms with Gasteiger partial charge in [0, 0.05) is 54.8 Å². The van der Waals surface area contributed by atoms with Gasteiger partial charge in [-0.25, -0.2) is 8.42 Å². The summed E-state index contributed by atoms with van der Waals surface area (Å²) in [4.78, 5) is 14.6. The Kier molecular flexibility index (Phi) is 6.81. The van der Waals surface area contributed by atoms with Gasteiger partial charge in [-0.3, -0.25) is 4.79 Å². The maximum atomic E-state index is 13.0. The minimum Gasteiger partial charge on any atom is -0.493 e. The Morgan fingerprint density at radius 2 is 1.79 bits per heavy atom. The summed E-state index contributed by atoms with van der Waals surface area (Å²) >= 11 is 0. The molecule has 1 aromatic heterocycles. The second kappa shape index (κ2) is 9.64. The quantitative estimate of drug-likeness (QED) is 0.489. The van der Waals surface area contributed by atoms with E-state index in [1.165, 1.54) is 16.1 Å². The van der Waals surface area contributed by atoms with Gasteiger partial charge in [0.1, 0.15) is 11.3 Å². The van der Waals surface area contributed by atoms with Crippen LogP contribution in [-0.2, 0) is 14.8 Å². The van der Waals surface area contributed by atoms with E-state index in [2.05, 4.69) is 31.2 Å². The van der Waals surface area contributed by atoms with Gasteiger partial charge in [-0.1, -0.05) is 29.8 Å². The van der Waals surface area contributed by atoms with Crippen LogP contribution >= 0.6 is 0 Å². The van der Waals surface area contributed by atoms with Crippen LogP contribution in [0.25, 0.3) is 27.7 Å². The number of rotatable bonds is 6. The third-order valence-corrected chi connectivity index (χ3v) is 7.43. The first kappa shape index (κ1) is 24.0. The SMILES string of the molecule is CCOc1cc2occ(-c3ccc(C)cc3)c2cc1/C(C)=C/C(=O)N1CCN(S(C)(=O)=O)CC1. The Morgan fingerprint density at radius 1 is 1.12 bits per heavy atom. The Bertz CT molecular complexity index is 1330. The molecule has 0 bridgehead atoms. The maximum Gasteiger partial charge on any atom is 0.246 e. The van der Waals surface area contributed by atoms with Gasteiger partial charge in [0.05, 0.1) is 19.1 Å². The average molecular weight is 483 g/mol. The zero-order chi connectivity index (χ0) is 24.5. The van der Waals surface area contributed by atoms with E-state index in [4.69, 9.17) is 9.15 Å². The molecule has 0 spiro atoms. The number of ether oxygens (including phenoxy) is 1. The van der Waals surface area contributed by atoms with E-state index in [1.807, 2.05) is 26.0 Å². The van der Waals surface area contributed by atoms with Gasteiger partial charge in [-0.2, -0.15) is 4.31 Å². The van der Waals surface area contributed by atoms with Crippen LogP contribution in [0.2, 0.25) is 0 Å². The van der Waals surface area contributed by atoms with Crippen LogP contribution < -0.4 is 4.74 Å². The fraction of sp³-hybridized carbons (Fsp3) is 0.346. The molecule has 0 unspecified atom stereocenters. The van der Waals surface area contributed by atoms with Crippen molar-refractivity contribution in [2.75, 3.05) is 39.0 Å². The molecule has 1 fully saturated rings. The number of benzene rings is 2. The molecule has 0 saturated carbocycles. The highest BCUT2D eigenvalue weighted by molar-refractivity contribution is 7.88. The van der Waals surface area contributed by atoms with Gasteiger partial charge in [0.2, 0.25) is 15.9 Å². The number of allylic oxidation sites excluding steroid dienone is 1. The first-order chi connectivity index (χ1) is 16.2. The lowest BCUT2D eigenvalue weighted by Gasteiger charge is -2.32. The fourth-order valence-corrected chi connectivity index (χ4v) is 5.02. The number of carbonyl (C=O) groups is 1. The summed E-state index contributed by atoms with van der Waals surface area (Å²) in [7, 11) is -3.24. The predicted molar refractivity (Wildman–Crippen MR) is 134 cm³/mol. The van der Waals surface area contributed by atoms with E-state index in [1.54, 1.807) is 17.2 Å². The number of furan rings is 1. The van der Waals surface area contributed by atoms with Crippen LogP contribution in [0.5, 0.6) is 5.75 Å². The largest absolute Gasteiger partial charge is 0.493 e. The van der Waals surface area contributed by atoms with Crippen molar-refractivity contribution in [2.24, 2.45) is 0 Å². The van der Waals surface area contributed by atoms with E-state index in [-0.39, 0.29) is 5.91 Å². The highest BCUT2D eigenvalue weighted by atomic mass is 32.2. The number of aryl methyl sites for hydroxylation is 1. The number of carbonyl (C=O) groups excluding carboxylic acids is 1. The molecule has 1 aliphatic heterocycles. The smallest absolute Gasteiger partial charge is 0.246 e. The zero-order valence-electron chi connectivity index (χ0n) is 20.0. The third kappa shape index (κ3) is 5.03. The standard InChI is InChI=1S/C26H30N2O5S/c1-5-32-24-16-25-22(23(17-33-25)20-8-6-18(2)7-9-20)15-21(24)19(3)14-26(29)27-10-12-28(13-11-27)34(4,30)31/h6-9,14-17H,5,10-13H2,1-4H3/b19-14+. The van der Waals surface area contributed by atoms with E-state index < -0.39 is 10.0 Å². The molecule has 1 aliphatic rings. The van der Waals surface area contributed by atoms with E-state index in [0.717, 1.165) is 33.2 Å². The normalized spacial score (nSPS) is 15.6. The number of hydrogen-bond donors (Lipinski definition) is 0. The average Bonchev–Trinajstić information content (AvgIpc) is 3.21. The predicted octanol–water partition coefficient (Wildman–Crippen LogP) is 4.31.